The Morgan fingerprint density at radius 3 is 2.69 bits per heavy atom. The van der Waals surface area contributed by atoms with Crippen LogP contribution in [0.15, 0.2) is 18.2 Å². The van der Waals surface area contributed by atoms with Crippen molar-refractivity contribution in [3.63, 3.8) is 0 Å². The fourth-order valence-corrected chi connectivity index (χ4v) is 1.56. The topological polar surface area (TPSA) is 52.6 Å². The number of hydrogen-bond donors (Lipinski definition) is 2. The summed E-state index contributed by atoms with van der Waals surface area (Å²) in [6.45, 7) is 6.85. The molecule has 0 radical (unpaired) electrons. The summed E-state index contributed by atoms with van der Waals surface area (Å²) in [7, 11) is 0. The van der Waals surface area contributed by atoms with Crippen LogP contribution < -0.4 is 10.2 Å². The molecule has 4 nitrogen and oxygen atoms in total. The highest BCUT2D eigenvalue weighted by atomic mass is 16.3. The van der Waals surface area contributed by atoms with Crippen molar-refractivity contribution in [1.82, 2.24) is 5.32 Å². The molecule has 2 amide bonds. The van der Waals surface area contributed by atoms with Gasteiger partial charge in [-0.1, -0.05) is 6.07 Å². The minimum Gasteiger partial charge on any atom is -0.508 e. The van der Waals surface area contributed by atoms with Gasteiger partial charge in [0.1, 0.15) is 5.75 Å². The zero-order valence-electron chi connectivity index (χ0n) is 9.95. The molecule has 16 heavy (non-hydrogen) atoms. The smallest absolute Gasteiger partial charge is 0.321 e. The lowest BCUT2D eigenvalue weighted by Crippen LogP contribution is -2.40. The minimum atomic E-state index is -0.140. The third-order valence-electron chi connectivity index (χ3n) is 2.37. The van der Waals surface area contributed by atoms with E-state index in [2.05, 4.69) is 5.32 Å². The molecule has 1 rings (SSSR count). The monoisotopic (exact) mass is 222 g/mol. The van der Waals surface area contributed by atoms with Crippen LogP contribution in [-0.4, -0.2) is 24.2 Å². The molecule has 0 spiro atoms. The lowest BCUT2D eigenvalue weighted by Gasteiger charge is -2.23. The van der Waals surface area contributed by atoms with Gasteiger partial charge in [0.05, 0.1) is 5.69 Å². The van der Waals surface area contributed by atoms with E-state index in [4.69, 9.17) is 0 Å². The number of nitrogens with zero attached hydrogens (tertiary/aromatic N) is 1. The molecule has 0 unspecified atom stereocenters. The maximum absolute atomic E-state index is 11.8. The summed E-state index contributed by atoms with van der Waals surface area (Å²) in [6, 6.07) is 4.88. The van der Waals surface area contributed by atoms with Crippen molar-refractivity contribution in [2.45, 2.75) is 20.8 Å². The molecule has 0 heterocycles. The Bertz CT molecular complexity index is 377. The Labute approximate surface area is 95.9 Å². The second kappa shape index (κ2) is 5.39. The van der Waals surface area contributed by atoms with Crippen molar-refractivity contribution in [1.29, 1.82) is 0 Å². The van der Waals surface area contributed by atoms with Crippen LogP contribution in [0.4, 0.5) is 10.5 Å². The molecule has 0 saturated heterocycles. The van der Waals surface area contributed by atoms with Gasteiger partial charge in [-0.25, -0.2) is 4.79 Å². The van der Waals surface area contributed by atoms with Gasteiger partial charge in [0.25, 0.3) is 0 Å². The Hall–Kier alpha value is -1.71. The number of rotatable bonds is 3. The number of urea groups is 1. The summed E-state index contributed by atoms with van der Waals surface area (Å²) in [5, 5.41) is 12.2. The van der Waals surface area contributed by atoms with Gasteiger partial charge in [-0.3, -0.25) is 4.90 Å². The first-order chi connectivity index (χ1) is 7.60. The molecule has 0 atom stereocenters. The van der Waals surface area contributed by atoms with Gasteiger partial charge in [0.15, 0.2) is 0 Å². The molecule has 4 heteroatoms. The number of amides is 2. The van der Waals surface area contributed by atoms with Gasteiger partial charge in [-0.15, -0.1) is 0 Å². The maximum atomic E-state index is 11.8. The third-order valence-corrected chi connectivity index (χ3v) is 2.37. The second-order valence-electron chi connectivity index (χ2n) is 3.55. The molecule has 0 fully saturated rings. The van der Waals surface area contributed by atoms with E-state index in [0.717, 1.165) is 11.3 Å². The number of carbonyl (C=O) groups excluding carboxylic acids is 1. The van der Waals surface area contributed by atoms with E-state index in [1.807, 2.05) is 20.8 Å². The first kappa shape index (κ1) is 12.4. The van der Waals surface area contributed by atoms with Crippen molar-refractivity contribution in [2.24, 2.45) is 0 Å². The van der Waals surface area contributed by atoms with Crippen LogP contribution in [-0.2, 0) is 0 Å². The number of aromatic hydroxyl groups is 1. The van der Waals surface area contributed by atoms with Crippen molar-refractivity contribution in [2.75, 3.05) is 18.0 Å². The zero-order valence-corrected chi connectivity index (χ0v) is 9.95. The minimum absolute atomic E-state index is 0.140. The highest BCUT2D eigenvalue weighted by molar-refractivity contribution is 5.92. The normalized spacial score (nSPS) is 9.94. The average molecular weight is 222 g/mol. The van der Waals surface area contributed by atoms with E-state index >= 15 is 0 Å². The number of nitrogens with one attached hydrogen (secondary N) is 1. The zero-order chi connectivity index (χ0) is 12.1. The molecule has 88 valence electrons. The molecular weight excluding hydrogens is 204 g/mol. The van der Waals surface area contributed by atoms with Gasteiger partial charge < -0.3 is 10.4 Å². The Morgan fingerprint density at radius 2 is 2.12 bits per heavy atom. The van der Waals surface area contributed by atoms with Crippen molar-refractivity contribution in [3.8, 4) is 5.75 Å². The van der Waals surface area contributed by atoms with E-state index in [9.17, 15) is 9.90 Å². The number of phenols is 1. The highest BCUT2D eigenvalue weighted by Gasteiger charge is 2.15. The summed E-state index contributed by atoms with van der Waals surface area (Å²) >= 11 is 0. The quantitative estimate of drug-likeness (QED) is 0.824. The molecule has 2 N–H and O–H groups in total. The van der Waals surface area contributed by atoms with Gasteiger partial charge in [-0.05, 0) is 32.4 Å². The van der Waals surface area contributed by atoms with Crippen LogP contribution in [0.1, 0.15) is 19.4 Å². The van der Waals surface area contributed by atoms with Crippen LogP contribution in [0.2, 0.25) is 0 Å². The first-order valence-corrected chi connectivity index (χ1v) is 5.45. The Balaban J connectivity index is 3.03. The van der Waals surface area contributed by atoms with E-state index in [-0.39, 0.29) is 11.8 Å². The fraction of sp³-hybridized carbons (Fsp3) is 0.417. The molecule has 1 aromatic carbocycles. The number of carbonyl (C=O) groups is 1. The molecule has 0 aliphatic carbocycles. The fourth-order valence-electron chi connectivity index (χ4n) is 1.56. The molecule has 0 bridgehead atoms. The van der Waals surface area contributed by atoms with Crippen molar-refractivity contribution in [3.05, 3.63) is 23.8 Å². The van der Waals surface area contributed by atoms with Gasteiger partial charge in [0.2, 0.25) is 0 Å². The second-order valence-corrected chi connectivity index (χ2v) is 3.55. The third kappa shape index (κ3) is 2.66. The lowest BCUT2D eigenvalue weighted by atomic mass is 10.1. The van der Waals surface area contributed by atoms with Gasteiger partial charge >= 0.3 is 6.03 Å². The SMILES string of the molecule is CCNC(=O)N(CC)c1cc(O)ccc1C. The van der Waals surface area contributed by atoms with Crippen LogP contribution in [0.3, 0.4) is 0 Å². The summed E-state index contributed by atoms with van der Waals surface area (Å²) in [5.74, 6) is 0.170. The predicted octanol–water partition coefficient (Wildman–Crippen LogP) is 2.26. The predicted molar refractivity (Wildman–Crippen MR) is 64.9 cm³/mol. The highest BCUT2D eigenvalue weighted by Crippen LogP contribution is 2.24. The Kier molecular flexibility index (Phi) is 4.17. The Morgan fingerprint density at radius 1 is 1.44 bits per heavy atom. The average Bonchev–Trinajstić information content (AvgIpc) is 2.24. The van der Waals surface area contributed by atoms with Crippen molar-refractivity contribution >= 4 is 11.7 Å². The lowest BCUT2D eigenvalue weighted by molar-refractivity contribution is 0.247. The largest absolute Gasteiger partial charge is 0.508 e. The first-order valence-electron chi connectivity index (χ1n) is 5.45. The molecule has 1 aromatic rings. The molecular formula is C12H18N2O2. The molecule has 0 aromatic heterocycles. The number of hydrogen-bond acceptors (Lipinski definition) is 2. The van der Waals surface area contributed by atoms with E-state index in [1.54, 1.807) is 23.1 Å². The van der Waals surface area contributed by atoms with Crippen LogP contribution in [0.5, 0.6) is 5.75 Å². The maximum Gasteiger partial charge on any atom is 0.321 e. The van der Waals surface area contributed by atoms with Gasteiger partial charge in [-0.2, -0.15) is 0 Å². The number of benzene rings is 1. The van der Waals surface area contributed by atoms with Crippen molar-refractivity contribution < 1.29 is 9.90 Å². The van der Waals surface area contributed by atoms with Crippen LogP contribution >= 0.6 is 0 Å². The molecule has 0 aliphatic rings. The molecule has 0 saturated carbocycles. The number of aryl methyl sites for hydroxylation is 1. The summed E-state index contributed by atoms with van der Waals surface area (Å²) in [4.78, 5) is 13.4. The van der Waals surface area contributed by atoms with Crippen LogP contribution in [0, 0.1) is 6.92 Å². The summed E-state index contributed by atoms with van der Waals surface area (Å²) in [6.07, 6.45) is 0. The van der Waals surface area contributed by atoms with E-state index in [0.29, 0.717) is 13.1 Å². The van der Waals surface area contributed by atoms with E-state index < -0.39 is 0 Å². The standard InChI is InChI=1S/C12H18N2O2/c1-4-13-12(16)14(5-2)11-8-10(15)7-6-9(11)3/h6-8,15H,4-5H2,1-3H3,(H,13,16). The number of phenolic OH excluding ortho intramolecular Hbond substituents is 1. The van der Waals surface area contributed by atoms with E-state index in [1.165, 1.54) is 0 Å². The van der Waals surface area contributed by atoms with Gasteiger partial charge in [0, 0.05) is 19.2 Å². The van der Waals surface area contributed by atoms with Crippen LogP contribution in [0.25, 0.3) is 0 Å². The summed E-state index contributed by atoms with van der Waals surface area (Å²) in [5.41, 5.74) is 1.71. The molecule has 0 aliphatic heterocycles. The summed E-state index contributed by atoms with van der Waals surface area (Å²) < 4.78 is 0. The number of anilines is 1.